The van der Waals surface area contributed by atoms with E-state index in [1.165, 1.54) is 37.9 Å². The number of benzene rings is 1. The highest BCUT2D eigenvalue weighted by Crippen LogP contribution is 2.13. The van der Waals surface area contributed by atoms with Crippen molar-refractivity contribution in [3.63, 3.8) is 0 Å². The zero-order valence-electron chi connectivity index (χ0n) is 14.0. The van der Waals surface area contributed by atoms with Gasteiger partial charge in [-0.25, -0.2) is 0 Å². The molecule has 0 atom stereocenters. The second-order valence-electron chi connectivity index (χ2n) is 5.51. The summed E-state index contributed by atoms with van der Waals surface area (Å²) in [6.07, 6.45) is 10.7. The quantitative estimate of drug-likeness (QED) is 0.432. The molecule has 0 aliphatic heterocycles. The Hall–Kier alpha value is -1.28. The van der Waals surface area contributed by atoms with E-state index >= 15 is 0 Å². The standard InChI is InChI=1S/C19H31NO/c1-4-15-20(16-5-2)17-9-7-6-8-10-18-11-13-19(21-3)14-12-18/h7,9,11-14H,4-6,8,10,15-17H2,1-3H3/b9-7+. The molecule has 0 aliphatic carbocycles. The fourth-order valence-electron chi connectivity index (χ4n) is 2.48. The van der Waals surface area contributed by atoms with E-state index in [0.29, 0.717) is 0 Å². The number of hydrogen-bond acceptors (Lipinski definition) is 2. The first-order valence-electron chi connectivity index (χ1n) is 8.30. The Morgan fingerprint density at radius 2 is 1.67 bits per heavy atom. The summed E-state index contributed by atoms with van der Waals surface area (Å²) < 4.78 is 5.17. The number of aryl methyl sites for hydroxylation is 1. The molecule has 0 aromatic heterocycles. The maximum Gasteiger partial charge on any atom is 0.118 e. The van der Waals surface area contributed by atoms with Crippen molar-refractivity contribution in [1.82, 2.24) is 4.90 Å². The van der Waals surface area contributed by atoms with E-state index in [-0.39, 0.29) is 0 Å². The van der Waals surface area contributed by atoms with Crippen molar-refractivity contribution in [3.8, 4) is 5.75 Å². The molecule has 21 heavy (non-hydrogen) atoms. The lowest BCUT2D eigenvalue weighted by molar-refractivity contribution is 0.303. The summed E-state index contributed by atoms with van der Waals surface area (Å²) in [5.41, 5.74) is 1.39. The smallest absolute Gasteiger partial charge is 0.118 e. The molecule has 0 radical (unpaired) electrons. The van der Waals surface area contributed by atoms with Gasteiger partial charge in [0.2, 0.25) is 0 Å². The van der Waals surface area contributed by atoms with Crippen LogP contribution in [0.2, 0.25) is 0 Å². The number of hydrogen-bond donors (Lipinski definition) is 0. The van der Waals surface area contributed by atoms with Crippen LogP contribution in [0.1, 0.15) is 45.1 Å². The minimum absolute atomic E-state index is 0.936. The van der Waals surface area contributed by atoms with Crippen LogP contribution in [0, 0.1) is 0 Å². The molecule has 118 valence electrons. The predicted octanol–water partition coefficient (Wildman–Crippen LogP) is 4.70. The average Bonchev–Trinajstić information content (AvgIpc) is 2.51. The summed E-state index contributed by atoms with van der Waals surface area (Å²) in [5, 5.41) is 0. The molecule has 0 heterocycles. The third kappa shape index (κ3) is 7.91. The molecule has 0 unspecified atom stereocenters. The summed E-state index contributed by atoms with van der Waals surface area (Å²) >= 11 is 0. The Morgan fingerprint density at radius 3 is 2.24 bits per heavy atom. The van der Waals surface area contributed by atoms with Crippen LogP contribution in [0.15, 0.2) is 36.4 Å². The van der Waals surface area contributed by atoms with E-state index in [9.17, 15) is 0 Å². The Kier molecular flexibility index (Phi) is 9.64. The van der Waals surface area contributed by atoms with Gasteiger partial charge in [0.25, 0.3) is 0 Å². The molecule has 1 aromatic carbocycles. The number of methoxy groups -OCH3 is 1. The van der Waals surface area contributed by atoms with E-state index in [1.807, 2.05) is 12.1 Å². The Morgan fingerprint density at radius 1 is 1.00 bits per heavy atom. The monoisotopic (exact) mass is 289 g/mol. The van der Waals surface area contributed by atoms with Crippen molar-refractivity contribution in [2.75, 3.05) is 26.7 Å². The largest absolute Gasteiger partial charge is 0.497 e. The van der Waals surface area contributed by atoms with Crippen molar-refractivity contribution in [3.05, 3.63) is 42.0 Å². The summed E-state index contributed by atoms with van der Waals surface area (Å²) in [7, 11) is 1.71. The summed E-state index contributed by atoms with van der Waals surface area (Å²) in [4.78, 5) is 2.53. The molecule has 0 N–H and O–H groups in total. The molecule has 0 amide bonds. The van der Waals surface area contributed by atoms with Crippen molar-refractivity contribution >= 4 is 0 Å². The molecule has 1 aromatic rings. The SMILES string of the molecule is CCCN(C/C=C/CCCc1ccc(OC)cc1)CCC. The maximum atomic E-state index is 5.17. The van der Waals surface area contributed by atoms with E-state index in [4.69, 9.17) is 4.74 Å². The van der Waals surface area contributed by atoms with Gasteiger partial charge in [0.15, 0.2) is 0 Å². The van der Waals surface area contributed by atoms with E-state index in [0.717, 1.165) is 25.1 Å². The highest BCUT2D eigenvalue weighted by atomic mass is 16.5. The number of unbranched alkanes of at least 4 members (excludes halogenated alkanes) is 1. The van der Waals surface area contributed by atoms with Gasteiger partial charge in [0.1, 0.15) is 5.75 Å². The fourth-order valence-corrected chi connectivity index (χ4v) is 2.48. The predicted molar refractivity (Wildman–Crippen MR) is 92.1 cm³/mol. The minimum atomic E-state index is 0.936. The molecule has 0 saturated carbocycles. The number of rotatable bonds is 11. The first-order valence-corrected chi connectivity index (χ1v) is 8.30. The summed E-state index contributed by atoms with van der Waals surface area (Å²) in [6, 6.07) is 8.40. The summed E-state index contributed by atoms with van der Waals surface area (Å²) in [5.74, 6) is 0.936. The van der Waals surface area contributed by atoms with Crippen molar-refractivity contribution < 1.29 is 4.74 Å². The van der Waals surface area contributed by atoms with Crippen LogP contribution in [0.4, 0.5) is 0 Å². The fraction of sp³-hybridized carbons (Fsp3) is 0.579. The molecule has 2 heteroatoms. The van der Waals surface area contributed by atoms with Gasteiger partial charge >= 0.3 is 0 Å². The molecular weight excluding hydrogens is 258 g/mol. The second-order valence-corrected chi connectivity index (χ2v) is 5.51. The van der Waals surface area contributed by atoms with Crippen LogP contribution < -0.4 is 4.74 Å². The molecule has 1 rings (SSSR count). The maximum absolute atomic E-state index is 5.17. The van der Waals surface area contributed by atoms with Gasteiger partial charge < -0.3 is 4.74 Å². The van der Waals surface area contributed by atoms with E-state index in [1.54, 1.807) is 7.11 Å². The van der Waals surface area contributed by atoms with Gasteiger partial charge in [-0.1, -0.05) is 38.1 Å². The molecule has 0 fully saturated rings. The average molecular weight is 289 g/mol. The van der Waals surface area contributed by atoms with E-state index < -0.39 is 0 Å². The van der Waals surface area contributed by atoms with Gasteiger partial charge in [-0.05, 0) is 62.9 Å². The Balaban J connectivity index is 2.18. The summed E-state index contributed by atoms with van der Waals surface area (Å²) in [6.45, 7) is 8.03. The van der Waals surface area contributed by atoms with E-state index in [2.05, 4.69) is 43.0 Å². The highest BCUT2D eigenvalue weighted by Gasteiger charge is 1.98. The topological polar surface area (TPSA) is 12.5 Å². The van der Waals surface area contributed by atoms with Crippen LogP contribution in [0.25, 0.3) is 0 Å². The number of nitrogens with zero attached hydrogens (tertiary/aromatic N) is 1. The third-order valence-electron chi connectivity index (χ3n) is 3.61. The van der Waals surface area contributed by atoms with Crippen molar-refractivity contribution in [2.45, 2.75) is 46.0 Å². The lowest BCUT2D eigenvalue weighted by atomic mass is 10.1. The van der Waals surface area contributed by atoms with Crippen LogP contribution >= 0.6 is 0 Å². The minimum Gasteiger partial charge on any atom is -0.497 e. The second kappa shape index (κ2) is 11.4. The van der Waals surface area contributed by atoms with Gasteiger partial charge in [-0.2, -0.15) is 0 Å². The molecule has 0 bridgehead atoms. The first kappa shape index (κ1) is 17.8. The first-order chi connectivity index (χ1) is 10.3. The van der Waals surface area contributed by atoms with Crippen molar-refractivity contribution in [1.29, 1.82) is 0 Å². The zero-order chi connectivity index (χ0) is 15.3. The zero-order valence-corrected chi connectivity index (χ0v) is 14.0. The van der Waals surface area contributed by atoms with Crippen LogP contribution in [-0.2, 0) is 6.42 Å². The highest BCUT2D eigenvalue weighted by molar-refractivity contribution is 5.27. The van der Waals surface area contributed by atoms with Crippen LogP contribution in [0.3, 0.4) is 0 Å². The Labute approximate surface area is 130 Å². The Bertz CT molecular complexity index is 377. The molecular formula is C19H31NO. The van der Waals surface area contributed by atoms with Crippen LogP contribution in [0.5, 0.6) is 5.75 Å². The third-order valence-corrected chi connectivity index (χ3v) is 3.61. The molecule has 2 nitrogen and oxygen atoms in total. The van der Waals surface area contributed by atoms with Gasteiger partial charge in [-0.3, -0.25) is 4.90 Å². The number of allylic oxidation sites excluding steroid dienone is 1. The lowest BCUT2D eigenvalue weighted by Gasteiger charge is -2.18. The molecule has 0 spiro atoms. The van der Waals surface area contributed by atoms with Gasteiger partial charge in [0.05, 0.1) is 7.11 Å². The van der Waals surface area contributed by atoms with Gasteiger partial charge in [0, 0.05) is 6.54 Å². The van der Waals surface area contributed by atoms with Crippen molar-refractivity contribution in [2.24, 2.45) is 0 Å². The molecule has 0 aliphatic rings. The number of ether oxygens (including phenoxy) is 1. The normalized spacial score (nSPS) is 11.4. The van der Waals surface area contributed by atoms with Gasteiger partial charge in [-0.15, -0.1) is 0 Å². The lowest BCUT2D eigenvalue weighted by Crippen LogP contribution is -2.25. The van der Waals surface area contributed by atoms with Crippen LogP contribution in [-0.4, -0.2) is 31.6 Å². The molecule has 0 saturated heterocycles.